The van der Waals surface area contributed by atoms with Crippen LogP contribution in [0.15, 0.2) is 48.0 Å². The quantitative estimate of drug-likeness (QED) is 0.596. The smallest absolute Gasteiger partial charge is 0.266 e. The fourth-order valence-electron chi connectivity index (χ4n) is 2.25. The minimum Gasteiger partial charge on any atom is -0.493 e. The highest BCUT2D eigenvalue weighted by atomic mass is 35.5. The fraction of sp³-hybridized carbons (Fsp3) is 0.200. The Morgan fingerprint density at radius 1 is 1.24 bits per heavy atom. The summed E-state index contributed by atoms with van der Waals surface area (Å²) < 4.78 is 5.52. The van der Waals surface area contributed by atoms with Gasteiger partial charge in [0.15, 0.2) is 0 Å². The van der Waals surface area contributed by atoms with Crippen LogP contribution < -0.4 is 10.1 Å². The minimum absolute atomic E-state index is 0.0252. The molecule has 25 heavy (non-hydrogen) atoms. The van der Waals surface area contributed by atoms with Crippen LogP contribution in [0.3, 0.4) is 0 Å². The van der Waals surface area contributed by atoms with Crippen LogP contribution >= 0.6 is 11.6 Å². The second-order valence-electron chi connectivity index (χ2n) is 5.29. The summed E-state index contributed by atoms with van der Waals surface area (Å²) in [6.45, 7) is 4.39. The number of hydrogen-bond acceptors (Lipinski definition) is 3. The van der Waals surface area contributed by atoms with Gasteiger partial charge in [-0.25, -0.2) is 0 Å². The Labute approximate surface area is 152 Å². The molecule has 0 spiro atoms. The molecule has 0 fully saturated rings. The summed E-state index contributed by atoms with van der Waals surface area (Å²) in [6.07, 6.45) is 2.40. The van der Waals surface area contributed by atoms with Crippen LogP contribution in [0.2, 0.25) is 5.02 Å². The van der Waals surface area contributed by atoms with E-state index in [1.54, 1.807) is 18.2 Å². The number of ether oxygens (including phenoxy) is 1. The third-order valence-electron chi connectivity index (χ3n) is 3.56. The van der Waals surface area contributed by atoms with Crippen molar-refractivity contribution in [1.82, 2.24) is 0 Å². The molecule has 4 nitrogen and oxygen atoms in total. The molecule has 2 aromatic carbocycles. The van der Waals surface area contributed by atoms with Crippen LogP contribution in [-0.4, -0.2) is 12.5 Å². The van der Waals surface area contributed by atoms with Crippen molar-refractivity contribution in [3.63, 3.8) is 0 Å². The van der Waals surface area contributed by atoms with Crippen molar-refractivity contribution < 1.29 is 9.53 Å². The van der Waals surface area contributed by atoms with E-state index >= 15 is 0 Å². The number of nitriles is 1. The van der Waals surface area contributed by atoms with Gasteiger partial charge in [-0.05, 0) is 55.3 Å². The number of amides is 1. The first kappa shape index (κ1) is 18.6. The second-order valence-corrected chi connectivity index (χ2v) is 5.73. The van der Waals surface area contributed by atoms with Gasteiger partial charge in [-0.1, -0.05) is 30.7 Å². The number of nitrogens with zero attached hydrogens (tertiary/aromatic N) is 1. The molecule has 1 amide bonds. The highest BCUT2D eigenvalue weighted by Crippen LogP contribution is 2.25. The van der Waals surface area contributed by atoms with E-state index in [0.29, 0.717) is 28.6 Å². The fourth-order valence-corrected chi connectivity index (χ4v) is 2.43. The average molecular weight is 355 g/mol. The van der Waals surface area contributed by atoms with Crippen LogP contribution in [0.1, 0.15) is 25.0 Å². The van der Waals surface area contributed by atoms with Crippen LogP contribution in [0.5, 0.6) is 5.75 Å². The lowest BCUT2D eigenvalue weighted by molar-refractivity contribution is -0.112. The maximum absolute atomic E-state index is 12.4. The predicted octanol–water partition coefficient (Wildman–Crippen LogP) is 4.85. The van der Waals surface area contributed by atoms with Crippen molar-refractivity contribution in [3.05, 3.63) is 64.2 Å². The molecule has 1 N–H and O–H groups in total. The zero-order valence-corrected chi connectivity index (χ0v) is 14.9. The number of anilines is 1. The van der Waals surface area contributed by atoms with E-state index in [9.17, 15) is 10.1 Å². The van der Waals surface area contributed by atoms with Crippen LogP contribution in [0.25, 0.3) is 6.08 Å². The zero-order valence-electron chi connectivity index (χ0n) is 14.2. The van der Waals surface area contributed by atoms with Crippen molar-refractivity contribution >= 4 is 29.3 Å². The van der Waals surface area contributed by atoms with Gasteiger partial charge in [-0.2, -0.15) is 5.26 Å². The standard InChI is InChI=1S/C20H19ClN2O2/c1-3-14-5-8-18(9-6-14)23-20(24)16(13-22)11-15-12-17(21)7-10-19(15)25-4-2/h5-12H,3-4H2,1-2H3,(H,23,24)/b16-11+. The summed E-state index contributed by atoms with van der Waals surface area (Å²) in [6, 6.07) is 14.5. The van der Waals surface area contributed by atoms with Crippen molar-refractivity contribution in [2.45, 2.75) is 20.3 Å². The lowest BCUT2D eigenvalue weighted by Gasteiger charge is -2.09. The largest absolute Gasteiger partial charge is 0.493 e. The SMILES string of the molecule is CCOc1ccc(Cl)cc1/C=C(\C#N)C(=O)Nc1ccc(CC)cc1. The summed E-state index contributed by atoms with van der Waals surface area (Å²) >= 11 is 6.01. The Bertz CT molecular complexity index is 821. The van der Waals surface area contributed by atoms with Gasteiger partial charge >= 0.3 is 0 Å². The molecule has 0 aliphatic carbocycles. The Hall–Kier alpha value is -2.77. The summed E-state index contributed by atoms with van der Waals surface area (Å²) in [5.74, 6) is 0.0916. The normalized spacial score (nSPS) is 10.9. The molecule has 128 valence electrons. The Morgan fingerprint density at radius 2 is 1.96 bits per heavy atom. The molecule has 0 saturated carbocycles. The van der Waals surface area contributed by atoms with Gasteiger partial charge in [-0.15, -0.1) is 0 Å². The molecule has 0 unspecified atom stereocenters. The van der Waals surface area contributed by atoms with Crippen molar-refractivity contribution in [1.29, 1.82) is 5.26 Å². The highest BCUT2D eigenvalue weighted by Gasteiger charge is 2.12. The van der Waals surface area contributed by atoms with Crippen LogP contribution in [0.4, 0.5) is 5.69 Å². The molecule has 0 atom stereocenters. The molecular formula is C20H19ClN2O2. The Morgan fingerprint density at radius 3 is 2.56 bits per heavy atom. The monoisotopic (exact) mass is 354 g/mol. The molecule has 0 radical (unpaired) electrons. The molecule has 2 aromatic rings. The number of nitrogens with one attached hydrogen (secondary N) is 1. The highest BCUT2D eigenvalue weighted by molar-refractivity contribution is 6.30. The number of halogens is 1. The predicted molar refractivity (Wildman–Crippen MR) is 101 cm³/mol. The van der Waals surface area contributed by atoms with Gasteiger partial charge in [-0.3, -0.25) is 4.79 Å². The first-order valence-corrected chi connectivity index (χ1v) is 8.39. The van der Waals surface area contributed by atoms with E-state index in [2.05, 4.69) is 12.2 Å². The lowest BCUT2D eigenvalue weighted by atomic mass is 10.1. The van der Waals surface area contributed by atoms with Gasteiger partial charge in [0.25, 0.3) is 5.91 Å². The number of rotatable bonds is 6. The van der Waals surface area contributed by atoms with E-state index in [1.807, 2.05) is 37.3 Å². The molecule has 0 saturated heterocycles. The summed E-state index contributed by atoms with van der Waals surface area (Å²) in [4.78, 5) is 12.4. The summed E-state index contributed by atoms with van der Waals surface area (Å²) in [5.41, 5.74) is 2.37. The van der Waals surface area contributed by atoms with Crippen molar-refractivity contribution in [3.8, 4) is 11.8 Å². The number of benzene rings is 2. The van der Waals surface area contributed by atoms with Gasteiger partial charge in [0.05, 0.1) is 6.61 Å². The first-order valence-electron chi connectivity index (χ1n) is 8.01. The summed E-state index contributed by atoms with van der Waals surface area (Å²) in [7, 11) is 0. The number of carbonyl (C=O) groups excluding carboxylic acids is 1. The Kier molecular flexibility index (Phi) is 6.62. The van der Waals surface area contributed by atoms with Crippen LogP contribution in [0, 0.1) is 11.3 Å². The molecule has 0 aliphatic rings. The van der Waals surface area contributed by atoms with Crippen molar-refractivity contribution in [2.75, 3.05) is 11.9 Å². The maximum Gasteiger partial charge on any atom is 0.266 e. The molecule has 0 aliphatic heterocycles. The van der Waals surface area contributed by atoms with E-state index < -0.39 is 5.91 Å². The third kappa shape index (κ3) is 5.10. The molecule has 5 heteroatoms. The van der Waals surface area contributed by atoms with Crippen molar-refractivity contribution in [2.24, 2.45) is 0 Å². The third-order valence-corrected chi connectivity index (χ3v) is 3.79. The lowest BCUT2D eigenvalue weighted by Crippen LogP contribution is -2.13. The van der Waals surface area contributed by atoms with Crippen LogP contribution in [-0.2, 0) is 11.2 Å². The molecule has 2 rings (SSSR count). The summed E-state index contributed by atoms with van der Waals surface area (Å²) in [5, 5.41) is 12.6. The maximum atomic E-state index is 12.4. The van der Waals surface area contributed by atoms with E-state index in [1.165, 1.54) is 11.6 Å². The number of aryl methyl sites for hydroxylation is 1. The zero-order chi connectivity index (χ0) is 18.2. The molecule has 0 heterocycles. The number of hydrogen-bond donors (Lipinski definition) is 1. The number of carbonyl (C=O) groups is 1. The van der Waals surface area contributed by atoms with E-state index in [4.69, 9.17) is 16.3 Å². The molecule has 0 aromatic heterocycles. The van der Waals surface area contributed by atoms with Gasteiger partial charge < -0.3 is 10.1 Å². The first-order chi connectivity index (χ1) is 12.1. The van der Waals surface area contributed by atoms with E-state index in [-0.39, 0.29) is 5.57 Å². The average Bonchev–Trinajstić information content (AvgIpc) is 2.62. The minimum atomic E-state index is -0.478. The molecule has 0 bridgehead atoms. The topological polar surface area (TPSA) is 62.1 Å². The van der Waals surface area contributed by atoms with E-state index in [0.717, 1.165) is 6.42 Å². The van der Waals surface area contributed by atoms with Gasteiger partial charge in [0.2, 0.25) is 0 Å². The van der Waals surface area contributed by atoms with Gasteiger partial charge in [0, 0.05) is 16.3 Å². The van der Waals surface area contributed by atoms with Gasteiger partial charge in [0.1, 0.15) is 17.4 Å². The Balaban J connectivity index is 2.26. The second kappa shape index (κ2) is 8.91. The molecular weight excluding hydrogens is 336 g/mol.